The molecule has 3 rings (SSSR count). The molecule has 0 saturated carbocycles. The van der Waals surface area contributed by atoms with Crippen LogP contribution < -0.4 is 0 Å². The molecule has 0 aliphatic heterocycles. The molecule has 104 valence electrons. The van der Waals surface area contributed by atoms with Crippen LogP contribution in [0.25, 0.3) is 11.4 Å². The third-order valence-electron chi connectivity index (χ3n) is 2.82. The summed E-state index contributed by atoms with van der Waals surface area (Å²) in [5, 5.41) is 23.3. The Balaban J connectivity index is 1.81. The molecule has 1 N–H and O–H groups in total. The van der Waals surface area contributed by atoms with Crippen LogP contribution in [0.2, 0.25) is 0 Å². The van der Waals surface area contributed by atoms with Gasteiger partial charge in [-0.1, -0.05) is 42.2 Å². The average molecular weight is 296 g/mol. The number of thiophene rings is 1. The topological polar surface area (TPSA) is 63.8 Å². The standard InChI is InChI=1S/C15H12N4OS/c20-9-4-7-12-8-10-21-14(12)11-19-17-15(16-18-19)13-5-2-1-3-6-13/h1-3,5-6,8,10,20H,9,11H2. The zero-order valence-electron chi connectivity index (χ0n) is 11.1. The van der Waals surface area contributed by atoms with Crippen LogP contribution in [0, 0.1) is 11.8 Å². The number of aliphatic hydroxyl groups excluding tert-OH is 1. The Labute approximate surface area is 125 Å². The quantitative estimate of drug-likeness (QED) is 0.749. The van der Waals surface area contributed by atoms with E-state index in [1.807, 2.05) is 41.8 Å². The lowest BCUT2D eigenvalue weighted by molar-refractivity contribution is 0.350. The van der Waals surface area contributed by atoms with Gasteiger partial charge in [-0.05, 0) is 16.7 Å². The molecule has 5 nitrogen and oxygen atoms in total. The first-order valence-corrected chi connectivity index (χ1v) is 7.24. The number of hydrogen-bond donors (Lipinski definition) is 1. The first kappa shape index (κ1) is 13.5. The third kappa shape index (κ3) is 3.16. The van der Waals surface area contributed by atoms with Crippen LogP contribution in [0.4, 0.5) is 0 Å². The fraction of sp³-hybridized carbons (Fsp3) is 0.133. The van der Waals surface area contributed by atoms with Crippen LogP contribution in [-0.4, -0.2) is 31.9 Å². The number of benzene rings is 1. The Bertz CT molecular complexity index is 783. The molecule has 2 aromatic heterocycles. The van der Waals surface area contributed by atoms with Crippen LogP contribution in [0.3, 0.4) is 0 Å². The molecule has 1 aromatic carbocycles. The molecule has 0 spiro atoms. The van der Waals surface area contributed by atoms with Crippen molar-refractivity contribution >= 4 is 11.3 Å². The second kappa shape index (κ2) is 6.31. The minimum Gasteiger partial charge on any atom is -0.384 e. The van der Waals surface area contributed by atoms with Crippen molar-refractivity contribution in [1.29, 1.82) is 0 Å². The number of rotatable bonds is 3. The molecule has 0 radical (unpaired) electrons. The van der Waals surface area contributed by atoms with E-state index in [9.17, 15) is 0 Å². The van der Waals surface area contributed by atoms with E-state index in [0.717, 1.165) is 16.0 Å². The highest BCUT2D eigenvalue weighted by atomic mass is 32.1. The van der Waals surface area contributed by atoms with Gasteiger partial charge in [-0.25, -0.2) is 0 Å². The van der Waals surface area contributed by atoms with Gasteiger partial charge < -0.3 is 5.11 Å². The lowest BCUT2D eigenvalue weighted by Crippen LogP contribution is -2.03. The molecular weight excluding hydrogens is 284 g/mol. The summed E-state index contributed by atoms with van der Waals surface area (Å²) in [6, 6.07) is 11.7. The first-order valence-electron chi connectivity index (χ1n) is 6.36. The van der Waals surface area contributed by atoms with E-state index >= 15 is 0 Å². The molecule has 0 unspecified atom stereocenters. The van der Waals surface area contributed by atoms with Gasteiger partial charge in [0.15, 0.2) is 0 Å². The SMILES string of the molecule is OCC#Cc1ccsc1Cn1nnc(-c2ccccc2)n1. The predicted octanol–water partition coefficient (Wildman–Crippen LogP) is 1.79. The van der Waals surface area contributed by atoms with E-state index in [4.69, 9.17) is 5.11 Å². The van der Waals surface area contributed by atoms with Crippen LogP contribution in [0.15, 0.2) is 41.8 Å². The monoisotopic (exact) mass is 296 g/mol. The molecule has 6 heteroatoms. The van der Waals surface area contributed by atoms with Crippen molar-refractivity contribution in [2.45, 2.75) is 6.54 Å². The van der Waals surface area contributed by atoms with Crippen molar-refractivity contribution < 1.29 is 5.11 Å². The van der Waals surface area contributed by atoms with Gasteiger partial charge in [0.25, 0.3) is 0 Å². The number of aliphatic hydroxyl groups is 1. The van der Waals surface area contributed by atoms with Crippen molar-refractivity contribution in [3.63, 3.8) is 0 Å². The molecule has 0 aliphatic rings. The summed E-state index contributed by atoms with van der Waals surface area (Å²) in [5.74, 6) is 6.18. The molecule has 0 aliphatic carbocycles. The van der Waals surface area contributed by atoms with Crippen LogP contribution in [0.5, 0.6) is 0 Å². The minimum absolute atomic E-state index is 0.144. The molecule has 0 amide bonds. The number of tetrazole rings is 1. The van der Waals surface area contributed by atoms with E-state index in [1.54, 1.807) is 16.1 Å². The normalized spacial score (nSPS) is 10.1. The molecule has 2 heterocycles. The van der Waals surface area contributed by atoms with Crippen molar-refractivity contribution in [3.05, 3.63) is 52.2 Å². The summed E-state index contributed by atoms with van der Waals surface area (Å²) in [7, 11) is 0. The highest BCUT2D eigenvalue weighted by Gasteiger charge is 2.08. The zero-order chi connectivity index (χ0) is 14.5. The molecule has 0 saturated heterocycles. The van der Waals surface area contributed by atoms with Crippen molar-refractivity contribution in [3.8, 4) is 23.2 Å². The molecule has 0 bridgehead atoms. The van der Waals surface area contributed by atoms with Gasteiger partial charge in [0.1, 0.15) is 6.61 Å². The van der Waals surface area contributed by atoms with Gasteiger partial charge in [-0.2, -0.15) is 4.80 Å². The summed E-state index contributed by atoms with van der Waals surface area (Å²) in [4.78, 5) is 2.60. The minimum atomic E-state index is -0.144. The highest BCUT2D eigenvalue weighted by Crippen LogP contribution is 2.17. The van der Waals surface area contributed by atoms with Crippen molar-refractivity contribution in [2.75, 3.05) is 6.61 Å². The van der Waals surface area contributed by atoms with Gasteiger partial charge in [-0.15, -0.1) is 21.5 Å². The fourth-order valence-electron chi connectivity index (χ4n) is 1.85. The number of hydrogen-bond acceptors (Lipinski definition) is 5. The van der Waals surface area contributed by atoms with E-state index in [-0.39, 0.29) is 6.61 Å². The summed E-state index contributed by atoms with van der Waals surface area (Å²) < 4.78 is 0. The van der Waals surface area contributed by atoms with Crippen LogP contribution in [-0.2, 0) is 6.54 Å². The average Bonchev–Trinajstić information content (AvgIpc) is 3.16. The maximum atomic E-state index is 8.76. The zero-order valence-corrected chi connectivity index (χ0v) is 11.9. The molecule has 21 heavy (non-hydrogen) atoms. The van der Waals surface area contributed by atoms with Crippen molar-refractivity contribution in [2.24, 2.45) is 0 Å². The van der Waals surface area contributed by atoms with Gasteiger partial charge in [0, 0.05) is 16.0 Å². The van der Waals surface area contributed by atoms with Crippen LogP contribution >= 0.6 is 11.3 Å². The largest absolute Gasteiger partial charge is 0.384 e. The second-order valence-electron chi connectivity index (χ2n) is 4.23. The smallest absolute Gasteiger partial charge is 0.204 e. The Morgan fingerprint density at radius 3 is 2.86 bits per heavy atom. The summed E-state index contributed by atoms with van der Waals surface area (Å²) >= 11 is 1.59. The van der Waals surface area contributed by atoms with Crippen LogP contribution in [0.1, 0.15) is 10.4 Å². The maximum Gasteiger partial charge on any atom is 0.204 e. The third-order valence-corrected chi connectivity index (χ3v) is 3.72. The predicted molar refractivity (Wildman–Crippen MR) is 80.6 cm³/mol. The Morgan fingerprint density at radius 1 is 1.19 bits per heavy atom. The van der Waals surface area contributed by atoms with Gasteiger partial charge in [-0.3, -0.25) is 0 Å². The Morgan fingerprint density at radius 2 is 2.05 bits per heavy atom. The molecule has 0 fully saturated rings. The molecule has 3 aromatic rings. The Hall–Kier alpha value is -2.49. The van der Waals surface area contributed by atoms with E-state index in [2.05, 4.69) is 27.3 Å². The maximum absolute atomic E-state index is 8.76. The second-order valence-corrected chi connectivity index (χ2v) is 5.23. The molecule has 0 atom stereocenters. The van der Waals surface area contributed by atoms with E-state index in [1.165, 1.54) is 0 Å². The highest BCUT2D eigenvalue weighted by molar-refractivity contribution is 7.10. The number of nitrogens with zero attached hydrogens (tertiary/aromatic N) is 4. The fourth-order valence-corrected chi connectivity index (χ4v) is 2.66. The number of aromatic nitrogens is 4. The summed E-state index contributed by atoms with van der Waals surface area (Å²) in [5.41, 5.74) is 1.84. The van der Waals surface area contributed by atoms with Gasteiger partial charge in [0.05, 0.1) is 6.54 Å². The lowest BCUT2D eigenvalue weighted by Gasteiger charge is -1.97. The van der Waals surface area contributed by atoms with E-state index in [0.29, 0.717) is 12.4 Å². The summed E-state index contributed by atoms with van der Waals surface area (Å²) in [6.45, 7) is 0.377. The summed E-state index contributed by atoms with van der Waals surface area (Å²) in [6.07, 6.45) is 0. The van der Waals surface area contributed by atoms with Gasteiger partial charge in [0.2, 0.25) is 5.82 Å². The van der Waals surface area contributed by atoms with Crippen molar-refractivity contribution in [1.82, 2.24) is 20.2 Å². The first-order chi connectivity index (χ1) is 10.4. The molecular formula is C15H12N4OS. The lowest BCUT2D eigenvalue weighted by atomic mass is 10.2. The Kier molecular flexibility index (Phi) is 4.05. The van der Waals surface area contributed by atoms with E-state index < -0.39 is 0 Å². The van der Waals surface area contributed by atoms with Gasteiger partial charge >= 0.3 is 0 Å².